The highest BCUT2D eigenvalue weighted by molar-refractivity contribution is 9.09. The molecule has 3 saturated heterocycles. The van der Waals surface area contributed by atoms with Crippen LogP contribution < -0.4 is 4.90 Å². The number of benzene rings is 1. The van der Waals surface area contributed by atoms with Crippen molar-refractivity contribution in [1.29, 1.82) is 5.26 Å². The molecular formula is C24H27BrF3N3O3. The molecule has 0 spiro atoms. The van der Waals surface area contributed by atoms with Gasteiger partial charge in [-0.05, 0) is 51.4 Å². The number of fused-ring (bicyclic) bond motifs is 5. The molecule has 0 radical (unpaired) electrons. The number of amides is 2. The molecule has 4 rings (SSSR count). The van der Waals surface area contributed by atoms with E-state index in [4.69, 9.17) is 10.00 Å². The number of halogens is 4. The number of rotatable bonds is 7. The van der Waals surface area contributed by atoms with Gasteiger partial charge in [-0.3, -0.25) is 14.5 Å². The van der Waals surface area contributed by atoms with E-state index in [2.05, 4.69) is 20.8 Å². The standard InChI is InChI=1S/C24H27BrF3N3O3/c1-22-13-30(10-6-4-3-5-9-25)14-23(2,34-22)19-18(22)20(32)31(21(19)33)16-8-7-15(12-29)17(11-16)24(26,27)28/h7-8,11,18-19H,3-6,9-10,13-14H2,1-2H3/t18?,19?,22-,23+. The SMILES string of the molecule is C[C@]12CN(CCCCCCBr)C[C@](C)(O1)C1C(=O)N(c3ccc(C#N)c(C(F)(F)F)c3)C(=O)C12. The molecule has 0 N–H and O–H groups in total. The van der Waals surface area contributed by atoms with Crippen LogP contribution in [0.1, 0.15) is 50.7 Å². The molecule has 1 aromatic rings. The van der Waals surface area contributed by atoms with Crippen molar-refractivity contribution >= 4 is 33.4 Å². The van der Waals surface area contributed by atoms with Gasteiger partial charge in [-0.2, -0.15) is 18.4 Å². The second-order valence-corrected chi connectivity index (χ2v) is 10.6. The van der Waals surface area contributed by atoms with E-state index in [0.717, 1.165) is 54.6 Å². The number of imide groups is 1. The monoisotopic (exact) mass is 541 g/mol. The van der Waals surface area contributed by atoms with Crippen molar-refractivity contribution in [3.05, 3.63) is 29.3 Å². The van der Waals surface area contributed by atoms with E-state index in [-0.39, 0.29) is 5.69 Å². The third-order valence-corrected chi connectivity index (χ3v) is 7.77. The Morgan fingerprint density at radius 3 is 2.21 bits per heavy atom. The number of ether oxygens (including phenoxy) is 1. The van der Waals surface area contributed by atoms with Crippen LogP contribution in [0.2, 0.25) is 0 Å². The van der Waals surface area contributed by atoms with Gasteiger partial charge in [0.2, 0.25) is 11.8 Å². The zero-order valence-corrected chi connectivity index (χ0v) is 20.7. The van der Waals surface area contributed by atoms with E-state index >= 15 is 0 Å². The highest BCUT2D eigenvalue weighted by Gasteiger charge is 2.71. The van der Waals surface area contributed by atoms with Crippen molar-refractivity contribution in [2.45, 2.75) is 56.9 Å². The van der Waals surface area contributed by atoms with Gasteiger partial charge in [-0.15, -0.1) is 0 Å². The van der Waals surface area contributed by atoms with Crippen LogP contribution in [0.3, 0.4) is 0 Å². The molecule has 1 aromatic carbocycles. The summed E-state index contributed by atoms with van der Waals surface area (Å²) in [4.78, 5) is 30.1. The van der Waals surface area contributed by atoms with Gasteiger partial charge >= 0.3 is 6.18 Å². The molecule has 3 heterocycles. The Morgan fingerprint density at radius 1 is 1.09 bits per heavy atom. The molecule has 34 heavy (non-hydrogen) atoms. The van der Waals surface area contributed by atoms with Crippen LogP contribution in [0.5, 0.6) is 0 Å². The lowest BCUT2D eigenvalue weighted by molar-refractivity contribution is -0.169. The summed E-state index contributed by atoms with van der Waals surface area (Å²) in [5, 5.41) is 10.0. The fourth-order valence-electron chi connectivity index (χ4n) is 5.96. The Balaban J connectivity index is 1.59. The number of unbranched alkanes of at least 4 members (excludes halogenated alkanes) is 3. The van der Waals surface area contributed by atoms with Gasteiger partial charge in [-0.25, -0.2) is 4.90 Å². The van der Waals surface area contributed by atoms with Crippen LogP contribution in [-0.2, 0) is 20.5 Å². The number of hydrogen-bond acceptors (Lipinski definition) is 5. The minimum atomic E-state index is -4.78. The van der Waals surface area contributed by atoms with Crippen LogP contribution in [0.15, 0.2) is 18.2 Å². The lowest BCUT2D eigenvalue weighted by Gasteiger charge is -2.45. The summed E-state index contributed by atoms with van der Waals surface area (Å²) in [6.07, 6.45) is -0.433. The van der Waals surface area contributed by atoms with Gasteiger partial charge in [0.15, 0.2) is 0 Å². The van der Waals surface area contributed by atoms with E-state index < -0.39 is 52.2 Å². The zero-order valence-electron chi connectivity index (χ0n) is 19.1. The molecule has 3 aliphatic rings. The number of carbonyl (C=O) groups is 2. The van der Waals surface area contributed by atoms with Crippen LogP contribution in [0.4, 0.5) is 18.9 Å². The summed E-state index contributed by atoms with van der Waals surface area (Å²) in [6, 6.07) is 4.47. The molecule has 0 aromatic heterocycles. The molecule has 3 aliphatic heterocycles. The van der Waals surface area contributed by atoms with E-state index in [1.807, 2.05) is 13.8 Å². The molecule has 2 bridgehead atoms. The maximum absolute atomic E-state index is 13.5. The van der Waals surface area contributed by atoms with Crippen molar-refractivity contribution < 1.29 is 27.5 Å². The molecule has 3 fully saturated rings. The third-order valence-electron chi connectivity index (χ3n) is 7.21. The summed E-state index contributed by atoms with van der Waals surface area (Å²) in [6.45, 7) is 5.45. The third kappa shape index (κ3) is 4.16. The first-order valence-corrected chi connectivity index (χ1v) is 12.5. The first-order chi connectivity index (χ1) is 15.9. The van der Waals surface area contributed by atoms with Crippen LogP contribution in [0.25, 0.3) is 0 Å². The number of nitriles is 1. The van der Waals surface area contributed by atoms with Crippen LogP contribution in [0, 0.1) is 23.2 Å². The Labute approximate surface area is 205 Å². The van der Waals surface area contributed by atoms with Gasteiger partial charge < -0.3 is 4.74 Å². The largest absolute Gasteiger partial charge is 0.417 e. The highest BCUT2D eigenvalue weighted by Crippen LogP contribution is 2.55. The van der Waals surface area contributed by atoms with E-state index in [1.54, 1.807) is 0 Å². The average Bonchev–Trinajstić information content (AvgIpc) is 3.12. The predicted molar refractivity (Wildman–Crippen MR) is 122 cm³/mol. The summed E-state index contributed by atoms with van der Waals surface area (Å²) in [5.41, 5.74) is -3.70. The molecule has 10 heteroatoms. The lowest BCUT2D eigenvalue weighted by atomic mass is 9.79. The highest BCUT2D eigenvalue weighted by atomic mass is 79.9. The van der Waals surface area contributed by atoms with Crippen molar-refractivity contribution in [3.8, 4) is 6.07 Å². The summed E-state index contributed by atoms with van der Waals surface area (Å²) in [5.74, 6) is -2.63. The number of likely N-dealkylation sites (tertiary alicyclic amines) is 1. The minimum Gasteiger partial charge on any atom is -0.365 e. The van der Waals surface area contributed by atoms with Gasteiger partial charge in [-0.1, -0.05) is 28.8 Å². The summed E-state index contributed by atoms with van der Waals surface area (Å²) < 4.78 is 46.8. The van der Waals surface area contributed by atoms with Crippen molar-refractivity contribution in [1.82, 2.24) is 4.90 Å². The predicted octanol–water partition coefficient (Wildman–Crippen LogP) is 4.50. The first-order valence-electron chi connectivity index (χ1n) is 11.4. The quantitative estimate of drug-likeness (QED) is 0.288. The van der Waals surface area contributed by atoms with Crippen LogP contribution >= 0.6 is 15.9 Å². The zero-order chi connectivity index (χ0) is 24.9. The first kappa shape index (κ1) is 25.1. The van der Waals surface area contributed by atoms with Gasteiger partial charge in [0.1, 0.15) is 0 Å². The molecule has 6 nitrogen and oxygen atoms in total. The van der Waals surface area contributed by atoms with Gasteiger partial charge in [0.05, 0.1) is 45.9 Å². The molecule has 184 valence electrons. The van der Waals surface area contributed by atoms with Crippen LogP contribution in [-0.4, -0.2) is 52.9 Å². The number of carbonyl (C=O) groups excluding carboxylic acids is 2. The van der Waals surface area contributed by atoms with Gasteiger partial charge in [0.25, 0.3) is 0 Å². The fraction of sp³-hybridized carbons (Fsp3) is 0.625. The van der Waals surface area contributed by atoms with Crippen molar-refractivity contribution in [3.63, 3.8) is 0 Å². The number of anilines is 1. The topological polar surface area (TPSA) is 73.6 Å². The maximum Gasteiger partial charge on any atom is 0.417 e. The lowest BCUT2D eigenvalue weighted by Crippen LogP contribution is -2.58. The fourth-order valence-corrected chi connectivity index (χ4v) is 6.36. The van der Waals surface area contributed by atoms with Crippen molar-refractivity contribution in [2.75, 3.05) is 29.9 Å². The second-order valence-electron chi connectivity index (χ2n) is 9.85. The second kappa shape index (κ2) is 8.92. The smallest absolute Gasteiger partial charge is 0.365 e. The molecule has 0 saturated carbocycles. The molecule has 4 atom stereocenters. The normalized spacial score (nSPS) is 31.1. The number of alkyl halides is 4. The van der Waals surface area contributed by atoms with Crippen molar-refractivity contribution in [2.24, 2.45) is 11.8 Å². The molecule has 2 amide bonds. The molecule has 2 unspecified atom stereocenters. The number of morpholine rings is 1. The number of hydrogen-bond donors (Lipinski definition) is 0. The Bertz CT molecular complexity index is 1010. The Kier molecular flexibility index (Phi) is 6.60. The molecular weight excluding hydrogens is 515 g/mol. The van der Waals surface area contributed by atoms with Gasteiger partial charge in [0, 0.05) is 18.4 Å². The Hall–Kier alpha value is -1.96. The van der Waals surface area contributed by atoms with E-state index in [0.29, 0.717) is 13.1 Å². The maximum atomic E-state index is 13.5. The summed E-state index contributed by atoms with van der Waals surface area (Å²) in [7, 11) is 0. The molecule has 0 aliphatic carbocycles. The average molecular weight is 542 g/mol. The van der Waals surface area contributed by atoms with E-state index in [9.17, 15) is 22.8 Å². The summed E-state index contributed by atoms with van der Waals surface area (Å²) >= 11 is 3.43. The minimum absolute atomic E-state index is 0.162. The van der Waals surface area contributed by atoms with E-state index in [1.165, 1.54) is 12.1 Å². The number of nitrogens with zero attached hydrogens (tertiary/aromatic N) is 3. The Morgan fingerprint density at radius 2 is 1.68 bits per heavy atom.